The molecule has 0 aromatic carbocycles. The van der Waals surface area contributed by atoms with Crippen molar-refractivity contribution < 1.29 is 9.90 Å². The van der Waals surface area contributed by atoms with E-state index < -0.39 is 0 Å². The van der Waals surface area contributed by atoms with Crippen LogP contribution in [0.2, 0.25) is 5.02 Å². The maximum Gasteiger partial charge on any atom is 0.255 e. The molecule has 0 spiro atoms. The molecule has 10 heteroatoms. The first kappa shape index (κ1) is 22.3. The predicted molar refractivity (Wildman–Crippen MR) is 126 cm³/mol. The van der Waals surface area contributed by atoms with Crippen LogP contribution in [0.25, 0.3) is 0 Å². The van der Waals surface area contributed by atoms with Gasteiger partial charge in [0, 0.05) is 65.3 Å². The van der Waals surface area contributed by atoms with E-state index in [1.165, 1.54) is 0 Å². The number of aliphatic hydroxyl groups is 1. The molecule has 2 aromatic rings. The predicted octanol–water partition coefficient (Wildman–Crippen LogP) is 1.68. The smallest absolute Gasteiger partial charge is 0.255 e. The number of rotatable bonds is 6. The van der Waals surface area contributed by atoms with Crippen molar-refractivity contribution in [3.05, 3.63) is 47.3 Å². The molecule has 1 amide bonds. The molecule has 0 atom stereocenters. The fourth-order valence-electron chi connectivity index (χ4n) is 3.88. The van der Waals surface area contributed by atoms with E-state index >= 15 is 0 Å². The zero-order chi connectivity index (χ0) is 22.5. The normalized spacial score (nSPS) is 16.4. The van der Waals surface area contributed by atoms with E-state index in [2.05, 4.69) is 30.8 Å². The van der Waals surface area contributed by atoms with E-state index in [1.807, 2.05) is 24.1 Å². The molecule has 170 valence electrons. The van der Waals surface area contributed by atoms with Crippen molar-refractivity contribution in [3.8, 4) is 0 Å². The Hall–Kier alpha value is -2.91. The molecular formula is C22H28ClN7O2. The SMILES string of the molecule is CN(CCO)c1ccnc(N2CCN(c3ncc(C(=O)N4CC=CCC4)cc3Cl)CC2)n1. The third kappa shape index (κ3) is 4.94. The standard InChI is InChI=1S/C22H28ClN7O2/c1-27(13-14-31)19-5-6-24-22(26-19)30-11-9-28(10-12-30)20-18(23)15-17(16-25-20)21(32)29-7-3-2-4-8-29/h2-3,5-6,15-16,31H,4,7-14H2,1H3. The Balaban J connectivity index is 1.39. The summed E-state index contributed by atoms with van der Waals surface area (Å²) in [6.07, 6.45) is 8.34. The van der Waals surface area contributed by atoms with Gasteiger partial charge in [-0.2, -0.15) is 4.98 Å². The fraction of sp³-hybridized carbons (Fsp3) is 0.455. The lowest BCUT2D eigenvalue weighted by Crippen LogP contribution is -2.47. The lowest BCUT2D eigenvalue weighted by Gasteiger charge is -2.36. The van der Waals surface area contributed by atoms with Crippen LogP contribution in [0.5, 0.6) is 0 Å². The lowest BCUT2D eigenvalue weighted by atomic mass is 10.2. The largest absolute Gasteiger partial charge is 0.395 e. The molecule has 0 aliphatic carbocycles. The molecule has 2 aliphatic heterocycles. The van der Waals surface area contributed by atoms with Crippen LogP contribution in [0, 0.1) is 0 Å². The molecule has 0 radical (unpaired) electrons. The highest BCUT2D eigenvalue weighted by molar-refractivity contribution is 6.33. The minimum Gasteiger partial charge on any atom is -0.395 e. The second-order valence-corrected chi connectivity index (χ2v) is 8.28. The zero-order valence-electron chi connectivity index (χ0n) is 18.2. The van der Waals surface area contributed by atoms with E-state index in [0.29, 0.717) is 35.4 Å². The van der Waals surface area contributed by atoms with Gasteiger partial charge in [0.2, 0.25) is 5.95 Å². The van der Waals surface area contributed by atoms with Gasteiger partial charge in [0.05, 0.1) is 17.2 Å². The molecule has 4 rings (SSSR count). The Morgan fingerprint density at radius 1 is 1.16 bits per heavy atom. The van der Waals surface area contributed by atoms with Crippen molar-refractivity contribution in [2.24, 2.45) is 0 Å². The van der Waals surface area contributed by atoms with E-state index in [4.69, 9.17) is 16.7 Å². The van der Waals surface area contributed by atoms with E-state index in [0.717, 1.165) is 45.0 Å². The molecule has 2 aliphatic rings. The summed E-state index contributed by atoms with van der Waals surface area (Å²) in [4.78, 5) is 34.2. The van der Waals surface area contributed by atoms with Gasteiger partial charge in [-0.25, -0.2) is 9.97 Å². The van der Waals surface area contributed by atoms with Crippen LogP contribution >= 0.6 is 11.6 Å². The fourth-order valence-corrected chi connectivity index (χ4v) is 4.16. The van der Waals surface area contributed by atoms with Crippen molar-refractivity contribution in [3.63, 3.8) is 0 Å². The summed E-state index contributed by atoms with van der Waals surface area (Å²) < 4.78 is 0. The molecule has 4 heterocycles. The third-order valence-corrected chi connectivity index (χ3v) is 6.01. The van der Waals surface area contributed by atoms with Gasteiger partial charge >= 0.3 is 0 Å². The van der Waals surface area contributed by atoms with Crippen molar-refractivity contribution in [2.75, 3.05) is 74.2 Å². The molecule has 9 nitrogen and oxygen atoms in total. The molecular weight excluding hydrogens is 430 g/mol. The molecule has 1 fully saturated rings. The monoisotopic (exact) mass is 457 g/mol. The number of pyridine rings is 1. The van der Waals surface area contributed by atoms with Crippen LogP contribution in [0.4, 0.5) is 17.6 Å². The Morgan fingerprint density at radius 3 is 2.62 bits per heavy atom. The molecule has 0 saturated carbocycles. The van der Waals surface area contributed by atoms with Crippen molar-refractivity contribution >= 4 is 35.1 Å². The molecule has 2 aromatic heterocycles. The van der Waals surface area contributed by atoms with Crippen molar-refractivity contribution in [1.29, 1.82) is 0 Å². The summed E-state index contributed by atoms with van der Waals surface area (Å²) >= 11 is 6.53. The van der Waals surface area contributed by atoms with Crippen LogP contribution < -0.4 is 14.7 Å². The number of likely N-dealkylation sites (N-methyl/N-ethyl adjacent to an activating group) is 1. The summed E-state index contributed by atoms with van der Waals surface area (Å²) in [5, 5.41) is 9.64. The number of hydrogen-bond acceptors (Lipinski definition) is 8. The number of anilines is 3. The first-order valence-electron chi connectivity index (χ1n) is 10.8. The van der Waals surface area contributed by atoms with Gasteiger partial charge in [-0.05, 0) is 18.6 Å². The minimum atomic E-state index is -0.0386. The number of piperazine rings is 1. The minimum absolute atomic E-state index is 0.0386. The van der Waals surface area contributed by atoms with Gasteiger partial charge in [0.1, 0.15) is 11.6 Å². The van der Waals surface area contributed by atoms with Crippen LogP contribution in [0.15, 0.2) is 36.7 Å². The number of hydrogen-bond donors (Lipinski definition) is 1. The van der Waals surface area contributed by atoms with Crippen LogP contribution in [0.3, 0.4) is 0 Å². The first-order chi connectivity index (χ1) is 15.6. The highest BCUT2D eigenvalue weighted by Crippen LogP contribution is 2.26. The molecule has 1 N–H and O–H groups in total. The number of nitrogens with zero attached hydrogens (tertiary/aromatic N) is 7. The summed E-state index contributed by atoms with van der Waals surface area (Å²) in [6.45, 7) is 4.82. The first-order valence-corrected chi connectivity index (χ1v) is 11.2. The van der Waals surface area contributed by atoms with Gasteiger partial charge in [-0.3, -0.25) is 4.79 Å². The topological polar surface area (TPSA) is 88.9 Å². The maximum absolute atomic E-state index is 12.7. The van der Waals surface area contributed by atoms with Crippen LogP contribution in [-0.4, -0.2) is 90.3 Å². The molecule has 32 heavy (non-hydrogen) atoms. The maximum atomic E-state index is 12.7. The number of amides is 1. The average Bonchev–Trinajstić information content (AvgIpc) is 2.84. The second-order valence-electron chi connectivity index (χ2n) is 7.87. The van der Waals surface area contributed by atoms with E-state index in [9.17, 15) is 4.79 Å². The van der Waals surface area contributed by atoms with Gasteiger partial charge in [0.15, 0.2) is 0 Å². The summed E-state index contributed by atoms with van der Waals surface area (Å²) in [6, 6.07) is 3.56. The number of carbonyl (C=O) groups excluding carboxylic acids is 1. The molecule has 0 bridgehead atoms. The number of aromatic nitrogens is 3. The van der Waals surface area contributed by atoms with Gasteiger partial charge < -0.3 is 24.7 Å². The lowest BCUT2D eigenvalue weighted by molar-refractivity contribution is 0.0770. The highest BCUT2D eigenvalue weighted by atomic mass is 35.5. The van der Waals surface area contributed by atoms with Crippen molar-refractivity contribution in [1.82, 2.24) is 19.9 Å². The zero-order valence-corrected chi connectivity index (χ0v) is 18.9. The van der Waals surface area contributed by atoms with Gasteiger partial charge in [-0.15, -0.1) is 0 Å². The van der Waals surface area contributed by atoms with Crippen molar-refractivity contribution in [2.45, 2.75) is 6.42 Å². The highest BCUT2D eigenvalue weighted by Gasteiger charge is 2.24. The Bertz CT molecular complexity index is 979. The van der Waals surface area contributed by atoms with Gasteiger partial charge in [0.25, 0.3) is 5.91 Å². The summed E-state index contributed by atoms with van der Waals surface area (Å²) in [5.74, 6) is 2.10. The summed E-state index contributed by atoms with van der Waals surface area (Å²) in [5.41, 5.74) is 0.518. The Morgan fingerprint density at radius 2 is 1.94 bits per heavy atom. The second kappa shape index (κ2) is 10.1. The number of halogens is 1. The Labute approximate surface area is 192 Å². The van der Waals surface area contributed by atoms with Crippen LogP contribution in [0.1, 0.15) is 16.8 Å². The van der Waals surface area contributed by atoms with Crippen LogP contribution in [-0.2, 0) is 0 Å². The summed E-state index contributed by atoms with van der Waals surface area (Å²) in [7, 11) is 1.89. The average molecular weight is 458 g/mol. The Kier molecular flexibility index (Phi) is 7.06. The quantitative estimate of drug-likeness (QED) is 0.655. The van der Waals surface area contributed by atoms with Gasteiger partial charge in [-0.1, -0.05) is 23.8 Å². The van der Waals surface area contributed by atoms with E-state index in [-0.39, 0.29) is 12.5 Å². The molecule has 1 saturated heterocycles. The number of carbonyl (C=O) groups is 1. The molecule has 0 unspecified atom stereocenters. The number of aliphatic hydroxyl groups excluding tert-OH is 1. The third-order valence-electron chi connectivity index (χ3n) is 5.73. The van der Waals surface area contributed by atoms with E-state index in [1.54, 1.807) is 23.4 Å².